The second-order valence-corrected chi connectivity index (χ2v) is 11.7. The third-order valence-electron chi connectivity index (χ3n) is 8.98. The molecular weight excluding hydrogens is 520 g/mol. The Balaban J connectivity index is 1.24. The summed E-state index contributed by atoms with van der Waals surface area (Å²) < 4.78 is 0. The summed E-state index contributed by atoms with van der Waals surface area (Å²) in [6.07, 6.45) is 9.56. The molecule has 7 nitrogen and oxygen atoms in total. The zero-order valence-electron chi connectivity index (χ0n) is 25.7. The van der Waals surface area contributed by atoms with Crippen LogP contribution in [0.4, 0.5) is 5.69 Å². The number of anilines is 1. The summed E-state index contributed by atoms with van der Waals surface area (Å²) in [5, 5.41) is 5.69. The molecule has 1 amide bonds. The van der Waals surface area contributed by atoms with Crippen LogP contribution in [-0.4, -0.2) is 57.5 Å². The van der Waals surface area contributed by atoms with E-state index in [1.165, 1.54) is 39.5 Å². The highest BCUT2D eigenvalue weighted by Crippen LogP contribution is 2.30. The average Bonchev–Trinajstić information content (AvgIpc) is 3.00. The molecule has 1 aliphatic heterocycles. The largest absolute Gasteiger partial charge is 0.364 e. The Labute approximate surface area is 250 Å². The summed E-state index contributed by atoms with van der Waals surface area (Å²) in [5.74, 6) is -0.0841. The fourth-order valence-electron chi connectivity index (χ4n) is 6.18. The molecule has 1 N–H and O–H groups in total. The highest BCUT2D eigenvalue weighted by Gasteiger charge is 2.28. The maximum Gasteiger partial charge on any atom is 0.254 e. The quantitative estimate of drug-likeness (QED) is 0.248. The molecule has 220 valence electrons. The van der Waals surface area contributed by atoms with Crippen LogP contribution in [0.1, 0.15) is 71.5 Å². The number of aromatic nitrogens is 3. The van der Waals surface area contributed by atoms with E-state index in [4.69, 9.17) is 0 Å². The van der Waals surface area contributed by atoms with Gasteiger partial charge >= 0.3 is 0 Å². The molecule has 2 aromatic heterocycles. The number of hydrogen-bond donors (Lipinski definition) is 1. The number of nitrogens with one attached hydrogen (secondary N) is 1. The fourth-order valence-corrected chi connectivity index (χ4v) is 6.18. The Morgan fingerprint density at radius 3 is 2.45 bits per heavy atom. The summed E-state index contributed by atoms with van der Waals surface area (Å²) in [5.41, 5.74) is 7.24. The number of benzene rings is 2. The van der Waals surface area contributed by atoms with Crippen LogP contribution in [0.5, 0.6) is 0 Å². The Kier molecular flexibility index (Phi) is 9.48. The molecule has 1 fully saturated rings. The van der Waals surface area contributed by atoms with Crippen LogP contribution in [0.25, 0.3) is 10.8 Å². The molecule has 4 aromatic rings. The molecule has 0 aliphatic carbocycles. The first-order chi connectivity index (χ1) is 20.3. The summed E-state index contributed by atoms with van der Waals surface area (Å²) in [6.45, 7) is 13.9. The van der Waals surface area contributed by atoms with E-state index in [-0.39, 0.29) is 5.91 Å². The van der Waals surface area contributed by atoms with E-state index >= 15 is 0 Å². The molecule has 0 spiro atoms. The van der Waals surface area contributed by atoms with Crippen molar-refractivity contribution in [2.24, 2.45) is 0 Å². The molecule has 0 bridgehead atoms. The topological polar surface area (TPSA) is 74.2 Å². The van der Waals surface area contributed by atoms with Crippen LogP contribution in [0.15, 0.2) is 61.2 Å². The van der Waals surface area contributed by atoms with Gasteiger partial charge in [0.25, 0.3) is 5.91 Å². The molecule has 42 heavy (non-hydrogen) atoms. The minimum Gasteiger partial charge on any atom is -0.364 e. The SMILES string of the molecule is CCc1ccc2cc(N(Cc3cnccc3C)C3CCN([C@H](C)CCNC(=O)c4c(C)ncnc4C)CC3)ccc2c1. The van der Waals surface area contributed by atoms with Gasteiger partial charge in [-0.05, 0) is 99.0 Å². The van der Waals surface area contributed by atoms with Crippen molar-refractivity contribution in [3.8, 4) is 0 Å². The first-order valence-corrected chi connectivity index (χ1v) is 15.3. The lowest BCUT2D eigenvalue weighted by atomic mass is 9.98. The van der Waals surface area contributed by atoms with Gasteiger partial charge in [0.1, 0.15) is 6.33 Å². The zero-order valence-corrected chi connectivity index (χ0v) is 25.7. The Bertz CT molecular complexity index is 1510. The van der Waals surface area contributed by atoms with Gasteiger partial charge in [-0.25, -0.2) is 9.97 Å². The van der Waals surface area contributed by atoms with Gasteiger partial charge < -0.3 is 15.1 Å². The Morgan fingerprint density at radius 2 is 1.74 bits per heavy atom. The lowest BCUT2D eigenvalue weighted by Gasteiger charge is -2.42. The van der Waals surface area contributed by atoms with E-state index in [1.54, 1.807) is 0 Å². The molecular formula is C35H44N6O. The van der Waals surface area contributed by atoms with Gasteiger partial charge in [-0.2, -0.15) is 0 Å². The maximum absolute atomic E-state index is 12.8. The Hall–Kier alpha value is -3.84. The highest BCUT2D eigenvalue weighted by molar-refractivity contribution is 5.96. The van der Waals surface area contributed by atoms with Crippen molar-refractivity contribution in [2.45, 2.75) is 78.9 Å². The molecule has 0 saturated carbocycles. The van der Waals surface area contributed by atoms with Gasteiger partial charge in [0, 0.05) is 56.3 Å². The molecule has 5 rings (SSSR count). The number of fused-ring (bicyclic) bond motifs is 1. The van der Waals surface area contributed by atoms with E-state index in [0.29, 0.717) is 24.2 Å². The van der Waals surface area contributed by atoms with Gasteiger partial charge in [0.2, 0.25) is 0 Å². The third-order valence-corrected chi connectivity index (χ3v) is 8.98. The Morgan fingerprint density at radius 1 is 1.02 bits per heavy atom. The van der Waals surface area contributed by atoms with Gasteiger partial charge in [0.05, 0.1) is 17.0 Å². The normalized spacial score (nSPS) is 15.1. The van der Waals surface area contributed by atoms with Gasteiger partial charge in [-0.15, -0.1) is 0 Å². The summed E-state index contributed by atoms with van der Waals surface area (Å²) in [6, 6.07) is 16.7. The van der Waals surface area contributed by atoms with E-state index in [0.717, 1.165) is 56.7 Å². The maximum atomic E-state index is 12.8. The third kappa shape index (κ3) is 6.79. The van der Waals surface area contributed by atoms with E-state index < -0.39 is 0 Å². The standard InChI is InChI=1S/C35H44N6O/c1-6-28-7-8-30-20-33(10-9-29(30)19-28)41(22-31-21-36-15-11-24(31)2)32-13-17-40(18-14-32)25(3)12-16-37-35(42)34-26(4)38-23-39-27(34)5/h7-11,15,19-21,23,25,32H,6,12-14,16-18,22H2,1-5H3,(H,37,42)/t25-/m1/s1. The van der Waals surface area contributed by atoms with Crippen molar-refractivity contribution in [1.82, 2.24) is 25.2 Å². The number of piperidine rings is 1. The number of carbonyl (C=O) groups is 1. The number of amides is 1. The second kappa shape index (κ2) is 13.4. The minimum absolute atomic E-state index is 0.0841. The fraction of sp³-hybridized carbons (Fsp3) is 0.429. The monoisotopic (exact) mass is 564 g/mol. The van der Waals surface area contributed by atoms with Crippen LogP contribution in [0, 0.1) is 20.8 Å². The molecule has 1 saturated heterocycles. The summed E-state index contributed by atoms with van der Waals surface area (Å²) >= 11 is 0. The molecule has 1 atom stereocenters. The molecule has 3 heterocycles. The average molecular weight is 565 g/mol. The number of pyridine rings is 1. The van der Waals surface area contributed by atoms with Crippen LogP contribution in [0.3, 0.4) is 0 Å². The number of hydrogen-bond acceptors (Lipinski definition) is 6. The zero-order chi connectivity index (χ0) is 29.6. The summed E-state index contributed by atoms with van der Waals surface area (Å²) in [7, 11) is 0. The van der Waals surface area contributed by atoms with Crippen molar-refractivity contribution < 1.29 is 4.79 Å². The number of nitrogens with zero attached hydrogens (tertiary/aromatic N) is 5. The van der Waals surface area contributed by atoms with Crippen LogP contribution >= 0.6 is 0 Å². The van der Waals surface area contributed by atoms with Crippen LogP contribution in [0.2, 0.25) is 0 Å². The van der Waals surface area contributed by atoms with Gasteiger partial charge in [-0.1, -0.05) is 31.2 Å². The predicted octanol–water partition coefficient (Wildman–Crippen LogP) is 6.19. The van der Waals surface area contributed by atoms with Crippen LogP contribution in [-0.2, 0) is 13.0 Å². The molecule has 1 aliphatic rings. The van der Waals surface area contributed by atoms with Crippen molar-refractivity contribution in [3.63, 3.8) is 0 Å². The smallest absolute Gasteiger partial charge is 0.254 e. The van der Waals surface area contributed by atoms with Crippen molar-refractivity contribution >= 4 is 22.4 Å². The van der Waals surface area contributed by atoms with Crippen molar-refractivity contribution in [1.29, 1.82) is 0 Å². The summed E-state index contributed by atoms with van der Waals surface area (Å²) in [4.78, 5) is 30.8. The first-order valence-electron chi connectivity index (χ1n) is 15.3. The lowest BCUT2D eigenvalue weighted by molar-refractivity contribution is 0.0943. The van der Waals surface area contributed by atoms with E-state index in [2.05, 4.69) is 93.3 Å². The minimum atomic E-state index is -0.0841. The number of rotatable bonds is 10. The first kappa shape index (κ1) is 29.6. The second-order valence-electron chi connectivity index (χ2n) is 11.7. The lowest BCUT2D eigenvalue weighted by Crippen LogP contribution is -2.48. The van der Waals surface area contributed by atoms with Gasteiger partial charge in [0.15, 0.2) is 0 Å². The van der Waals surface area contributed by atoms with Gasteiger partial charge in [-0.3, -0.25) is 9.78 Å². The van der Waals surface area contributed by atoms with Crippen molar-refractivity contribution in [3.05, 3.63) is 94.8 Å². The number of aryl methyl sites for hydroxylation is 4. The van der Waals surface area contributed by atoms with Crippen molar-refractivity contribution in [2.75, 3.05) is 24.5 Å². The van der Waals surface area contributed by atoms with Crippen LogP contribution < -0.4 is 10.2 Å². The predicted molar refractivity (Wildman–Crippen MR) is 171 cm³/mol. The number of likely N-dealkylation sites (tertiary alicyclic amines) is 1. The van der Waals surface area contributed by atoms with E-state index in [1.807, 2.05) is 26.2 Å². The molecule has 0 radical (unpaired) electrons. The highest BCUT2D eigenvalue weighted by atomic mass is 16.1. The number of carbonyl (C=O) groups excluding carboxylic acids is 1. The molecule has 7 heteroatoms. The molecule has 0 unspecified atom stereocenters. The molecule has 2 aromatic carbocycles. The van der Waals surface area contributed by atoms with E-state index in [9.17, 15) is 4.79 Å².